The van der Waals surface area contributed by atoms with Gasteiger partial charge in [0.15, 0.2) is 11.6 Å². The molecule has 0 unspecified atom stereocenters. The number of hydrogen-bond acceptors (Lipinski definition) is 6. The van der Waals surface area contributed by atoms with Gasteiger partial charge in [-0.3, -0.25) is 0 Å². The Labute approximate surface area is 153 Å². The van der Waals surface area contributed by atoms with Gasteiger partial charge in [0, 0.05) is 52.7 Å². The van der Waals surface area contributed by atoms with Crippen LogP contribution in [0.25, 0.3) is 0 Å². The van der Waals surface area contributed by atoms with Crippen LogP contribution in [0.15, 0.2) is 41.6 Å². The standard InChI is InChI=1S/C17H22FN5O2S/c1-21(2)16-7-6-14(13-20-16)26(24,25)23-10-4-9-22(11-12-23)17-15(18)5-3-8-19-17/h3,5-8,13H,4,9-12H2,1-2H3. The molecule has 2 aromatic rings. The quantitative estimate of drug-likeness (QED) is 0.803. The summed E-state index contributed by atoms with van der Waals surface area (Å²) in [5.74, 6) is 0.563. The van der Waals surface area contributed by atoms with Gasteiger partial charge in [0.25, 0.3) is 0 Å². The number of pyridine rings is 2. The lowest BCUT2D eigenvalue weighted by Gasteiger charge is -2.23. The van der Waals surface area contributed by atoms with E-state index in [1.165, 1.54) is 28.8 Å². The summed E-state index contributed by atoms with van der Waals surface area (Å²) in [7, 11) is 0.0557. The lowest BCUT2D eigenvalue weighted by molar-refractivity contribution is 0.433. The van der Waals surface area contributed by atoms with Crippen molar-refractivity contribution < 1.29 is 12.8 Å². The fourth-order valence-electron chi connectivity index (χ4n) is 2.89. The summed E-state index contributed by atoms with van der Waals surface area (Å²) in [5, 5.41) is 0. The Morgan fingerprint density at radius 3 is 2.54 bits per heavy atom. The van der Waals surface area contributed by atoms with Crippen LogP contribution in [0.1, 0.15) is 6.42 Å². The second kappa shape index (κ2) is 7.55. The molecule has 3 rings (SSSR count). The first kappa shape index (κ1) is 18.5. The first-order chi connectivity index (χ1) is 12.4. The molecule has 0 spiro atoms. The number of halogens is 1. The summed E-state index contributed by atoms with van der Waals surface area (Å²) in [4.78, 5) is 12.0. The van der Waals surface area contributed by atoms with Gasteiger partial charge in [0.1, 0.15) is 10.7 Å². The van der Waals surface area contributed by atoms with E-state index in [2.05, 4.69) is 9.97 Å². The van der Waals surface area contributed by atoms with Gasteiger partial charge in [-0.05, 0) is 30.7 Å². The van der Waals surface area contributed by atoms with Gasteiger partial charge in [0.2, 0.25) is 10.0 Å². The molecule has 0 radical (unpaired) electrons. The van der Waals surface area contributed by atoms with Crippen molar-refractivity contribution in [1.82, 2.24) is 14.3 Å². The molecule has 3 heterocycles. The van der Waals surface area contributed by atoms with Crippen LogP contribution in [0.3, 0.4) is 0 Å². The Balaban J connectivity index is 1.76. The van der Waals surface area contributed by atoms with E-state index in [-0.39, 0.29) is 17.3 Å². The first-order valence-corrected chi connectivity index (χ1v) is 9.82. The lowest BCUT2D eigenvalue weighted by atomic mass is 10.3. The smallest absolute Gasteiger partial charge is 0.244 e. The van der Waals surface area contributed by atoms with Gasteiger partial charge in [-0.15, -0.1) is 0 Å². The minimum Gasteiger partial charge on any atom is -0.363 e. The number of anilines is 2. The highest BCUT2D eigenvalue weighted by atomic mass is 32.2. The second-order valence-corrected chi connectivity index (χ2v) is 8.24. The van der Waals surface area contributed by atoms with Gasteiger partial charge in [-0.2, -0.15) is 4.31 Å². The van der Waals surface area contributed by atoms with E-state index >= 15 is 0 Å². The van der Waals surface area contributed by atoms with Gasteiger partial charge >= 0.3 is 0 Å². The predicted octanol–water partition coefficient (Wildman–Crippen LogP) is 1.58. The van der Waals surface area contributed by atoms with Crippen molar-refractivity contribution in [2.24, 2.45) is 0 Å². The molecule has 0 aliphatic carbocycles. The van der Waals surface area contributed by atoms with Crippen LogP contribution >= 0.6 is 0 Å². The molecule has 0 saturated carbocycles. The summed E-state index contributed by atoms with van der Waals surface area (Å²) in [6.07, 6.45) is 3.51. The van der Waals surface area contributed by atoms with Crippen LogP contribution in [0, 0.1) is 5.82 Å². The van der Waals surface area contributed by atoms with Crippen LogP contribution in [-0.4, -0.2) is 63.0 Å². The van der Waals surface area contributed by atoms with Gasteiger partial charge in [0.05, 0.1) is 0 Å². The van der Waals surface area contributed by atoms with Crippen molar-refractivity contribution in [3.8, 4) is 0 Å². The molecule has 0 atom stereocenters. The van der Waals surface area contributed by atoms with E-state index in [1.54, 1.807) is 17.0 Å². The lowest BCUT2D eigenvalue weighted by Crippen LogP contribution is -2.35. The predicted molar refractivity (Wildman–Crippen MR) is 98.3 cm³/mol. The molecule has 0 bridgehead atoms. The molecule has 9 heteroatoms. The van der Waals surface area contributed by atoms with E-state index in [1.807, 2.05) is 19.0 Å². The zero-order valence-corrected chi connectivity index (χ0v) is 15.7. The minimum absolute atomic E-state index is 0.167. The molecule has 1 aliphatic heterocycles. The van der Waals surface area contributed by atoms with Crippen molar-refractivity contribution >= 4 is 21.7 Å². The molecular weight excluding hydrogens is 357 g/mol. The Morgan fingerprint density at radius 2 is 1.88 bits per heavy atom. The Morgan fingerprint density at radius 1 is 1.08 bits per heavy atom. The molecule has 0 aromatic carbocycles. The molecule has 140 valence electrons. The van der Waals surface area contributed by atoms with E-state index < -0.39 is 15.8 Å². The molecular formula is C17H22FN5O2S. The first-order valence-electron chi connectivity index (χ1n) is 8.38. The molecule has 1 fully saturated rings. The third-order valence-corrected chi connectivity index (χ3v) is 6.19. The third-order valence-electron chi connectivity index (χ3n) is 4.31. The maximum absolute atomic E-state index is 14.0. The van der Waals surface area contributed by atoms with Crippen molar-refractivity contribution in [1.29, 1.82) is 0 Å². The van der Waals surface area contributed by atoms with Crippen molar-refractivity contribution in [3.63, 3.8) is 0 Å². The number of nitrogens with zero attached hydrogens (tertiary/aromatic N) is 5. The van der Waals surface area contributed by atoms with Crippen molar-refractivity contribution in [2.75, 3.05) is 50.1 Å². The molecule has 1 aliphatic rings. The molecule has 7 nitrogen and oxygen atoms in total. The minimum atomic E-state index is -3.63. The summed E-state index contributed by atoms with van der Waals surface area (Å²) in [6, 6.07) is 6.15. The van der Waals surface area contributed by atoms with Crippen molar-refractivity contribution in [2.45, 2.75) is 11.3 Å². The van der Waals surface area contributed by atoms with Crippen LogP contribution in [0.5, 0.6) is 0 Å². The monoisotopic (exact) mass is 379 g/mol. The number of sulfonamides is 1. The fourth-order valence-corrected chi connectivity index (χ4v) is 4.31. The maximum Gasteiger partial charge on any atom is 0.244 e. The highest BCUT2D eigenvalue weighted by Crippen LogP contribution is 2.22. The van der Waals surface area contributed by atoms with Gasteiger partial charge in [-0.25, -0.2) is 22.8 Å². The average Bonchev–Trinajstić information content (AvgIpc) is 2.89. The molecule has 0 N–H and O–H groups in total. The highest BCUT2D eigenvalue weighted by Gasteiger charge is 2.28. The zero-order chi connectivity index (χ0) is 18.7. The number of rotatable bonds is 4. The van der Waals surface area contributed by atoms with E-state index in [0.717, 1.165) is 0 Å². The van der Waals surface area contributed by atoms with Crippen LogP contribution in [-0.2, 0) is 10.0 Å². The second-order valence-electron chi connectivity index (χ2n) is 6.30. The largest absolute Gasteiger partial charge is 0.363 e. The summed E-state index contributed by atoms with van der Waals surface area (Å²) >= 11 is 0. The summed E-state index contributed by atoms with van der Waals surface area (Å²) in [6.45, 7) is 1.59. The van der Waals surface area contributed by atoms with Crippen molar-refractivity contribution in [3.05, 3.63) is 42.5 Å². The SMILES string of the molecule is CN(C)c1ccc(S(=O)(=O)N2CCCN(c3ncccc3F)CC2)cn1. The van der Waals surface area contributed by atoms with Crippen LogP contribution in [0.4, 0.5) is 16.0 Å². The van der Waals surface area contributed by atoms with Gasteiger partial charge < -0.3 is 9.80 Å². The third kappa shape index (κ3) is 3.78. The fraction of sp³-hybridized carbons (Fsp3) is 0.412. The maximum atomic E-state index is 14.0. The van der Waals surface area contributed by atoms with E-state index in [9.17, 15) is 12.8 Å². The molecule has 26 heavy (non-hydrogen) atoms. The topological polar surface area (TPSA) is 69.6 Å². The normalized spacial score (nSPS) is 16.3. The Bertz CT molecular complexity index is 858. The highest BCUT2D eigenvalue weighted by molar-refractivity contribution is 7.89. The van der Waals surface area contributed by atoms with E-state index in [4.69, 9.17) is 0 Å². The Hall–Kier alpha value is -2.26. The van der Waals surface area contributed by atoms with Crippen LogP contribution < -0.4 is 9.80 Å². The number of aromatic nitrogens is 2. The van der Waals surface area contributed by atoms with Gasteiger partial charge in [-0.1, -0.05) is 0 Å². The summed E-state index contributed by atoms with van der Waals surface area (Å²) < 4.78 is 41.2. The number of hydrogen-bond donors (Lipinski definition) is 0. The molecule has 0 amide bonds. The summed E-state index contributed by atoms with van der Waals surface area (Å²) in [5.41, 5.74) is 0. The van der Waals surface area contributed by atoms with E-state index in [0.29, 0.717) is 31.9 Å². The molecule has 2 aromatic heterocycles. The Kier molecular flexibility index (Phi) is 5.38. The molecule has 1 saturated heterocycles. The average molecular weight is 379 g/mol. The van der Waals surface area contributed by atoms with Crippen LogP contribution in [0.2, 0.25) is 0 Å². The zero-order valence-electron chi connectivity index (χ0n) is 14.8.